The van der Waals surface area contributed by atoms with E-state index in [9.17, 15) is 19.6 Å². The molecular formula is C26H30FN3O2. The lowest BCUT2D eigenvalue weighted by Gasteiger charge is -2.46. The summed E-state index contributed by atoms with van der Waals surface area (Å²) in [7, 11) is 0. The molecule has 2 aliphatic rings. The molecule has 1 aliphatic carbocycles. The molecule has 1 saturated carbocycles. The molecule has 1 amide bonds. The standard InChI is InChI=1S/C26H30FN3O2/c27-22-9-4-8-21(16-22)26(18-28,23-10-5-11-24(23)29-25(31)32)20-12-14-30(15-13-20)17-19-6-2-1-3-7-19/h1-4,6-9,16,20,23-24,29H,5,10-15,17H2,(H,31,32)/t23-,24-,26-/m0/s1. The van der Waals surface area contributed by atoms with Gasteiger partial charge in [0.05, 0.1) is 11.5 Å². The fourth-order valence-corrected chi connectivity index (χ4v) is 5.96. The largest absolute Gasteiger partial charge is 0.465 e. The fourth-order valence-electron chi connectivity index (χ4n) is 5.96. The molecule has 0 unspecified atom stereocenters. The lowest BCUT2D eigenvalue weighted by Crippen LogP contribution is -2.52. The van der Waals surface area contributed by atoms with E-state index >= 15 is 0 Å². The van der Waals surface area contributed by atoms with Crippen LogP contribution in [-0.4, -0.2) is 35.2 Å². The molecule has 1 saturated heterocycles. The van der Waals surface area contributed by atoms with Crippen molar-refractivity contribution < 1.29 is 14.3 Å². The van der Waals surface area contributed by atoms with E-state index < -0.39 is 11.5 Å². The van der Waals surface area contributed by atoms with Gasteiger partial charge >= 0.3 is 6.09 Å². The molecule has 168 valence electrons. The van der Waals surface area contributed by atoms with Gasteiger partial charge in [-0.1, -0.05) is 48.9 Å². The van der Waals surface area contributed by atoms with Crippen molar-refractivity contribution in [2.75, 3.05) is 13.1 Å². The fraction of sp³-hybridized carbons (Fsp3) is 0.462. The number of rotatable bonds is 6. The van der Waals surface area contributed by atoms with E-state index in [-0.39, 0.29) is 23.7 Å². The number of likely N-dealkylation sites (tertiary alicyclic amines) is 1. The van der Waals surface area contributed by atoms with Gasteiger partial charge < -0.3 is 10.4 Å². The highest BCUT2D eigenvalue weighted by molar-refractivity contribution is 5.65. The van der Waals surface area contributed by atoms with E-state index in [2.05, 4.69) is 28.4 Å². The second kappa shape index (κ2) is 9.70. The van der Waals surface area contributed by atoms with Crippen LogP contribution in [0.5, 0.6) is 0 Å². The molecule has 1 heterocycles. The van der Waals surface area contributed by atoms with Crippen molar-refractivity contribution in [2.45, 2.75) is 50.1 Å². The molecule has 0 aromatic heterocycles. The molecule has 2 fully saturated rings. The van der Waals surface area contributed by atoms with Crippen molar-refractivity contribution >= 4 is 6.09 Å². The Morgan fingerprint density at radius 1 is 1.12 bits per heavy atom. The van der Waals surface area contributed by atoms with Crippen LogP contribution in [-0.2, 0) is 12.0 Å². The Morgan fingerprint density at radius 2 is 1.88 bits per heavy atom. The van der Waals surface area contributed by atoms with Gasteiger partial charge in [-0.3, -0.25) is 4.90 Å². The first-order valence-electron chi connectivity index (χ1n) is 11.5. The maximum Gasteiger partial charge on any atom is 0.404 e. The van der Waals surface area contributed by atoms with Crippen LogP contribution in [0.1, 0.15) is 43.2 Å². The number of amides is 1. The average Bonchev–Trinajstić information content (AvgIpc) is 3.24. The van der Waals surface area contributed by atoms with Crippen molar-refractivity contribution in [3.63, 3.8) is 0 Å². The Kier molecular flexibility index (Phi) is 6.76. The smallest absolute Gasteiger partial charge is 0.404 e. The minimum Gasteiger partial charge on any atom is -0.465 e. The van der Waals surface area contributed by atoms with Gasteiger partial charge in [0.25, 0.3) is 0 Å². The summed E-state index contributed by atoms with van der Waals surface area (Å²) in [6, 6.07) is 19.1. The second-order valence-corrected chi connectivity index (χ2v) is 9.12. The molecule has 3 atom stereocenters. The minimum atomic E-state index is -1.06. The van der Waals surface area contributed by atoms with Gasteiger partial charge in [-0.25, -0.2) is 9.18 Å². The normalized spacial score (nSPS) is 23.9. The molecule has 1 aliphatic heterocycles. The van der Waals surface area contributed by atoms with Crippen molar-refractivity contribution in [3.05, 3.63) is 71.5 Å². The SMILES string of the molecule is N#C[C@@](c1cccc(F)c1)(C1CCN(Cc2ccccc2)CC1)[C@H]1CCC[C@@H]1NC(=O)O. The van der Waals surface area contributed by atoms with Gasteiger partial charge in [-0.2, -0.15) is 5.26 Å². The summed E-state index contributed by atoms with van der Waals surface area (Å²) in [4.78, 5) is 13.8. The summed E-state index contributed by atoms with van der Waals surface area (Å²) < 4.78 is 14.3. The monoisotopic (exact) mass is 435 g/mol. The third-order valence-electron chi connectivity index (χ3n) is 7.38. The van der Waals surface area contributed by atoms with Crippen molar-refractivity contribution in [3.8, 4) is 6.07 Å². The Morgan fingerprint density at radius 3 is 2.53 bits per heavy atom. The zero-order chi connectivity index (χ0) is 22.6. The summed E-state index contributed by atoms with van der Waals surface area (Å²) in [5.74, 6) is -0.483. The third kappa shape index (κ3) is 4.49. The third-order valence-corrected chi connectivity index (χ3v) is 7.38. The van der Waals surface area contributed by atoms with Gasteiger partial charge in [-0.05, 0) is 68.0 Å². The quantitative estimate of drug-likeness (QED) is 0.674. The molecule has 2 aromatic rings. The van der Waals surface area contributed by atoms with Crippen LogP contribution in [0.15, 0.2) is 54.6 Å². The summed E-state index contributed by atoms with van der Waals surface area (Å²) >= 11 is 0. The maximum atomic E-state index is 14.3. The number of hydrogen-bond acceptors (Lipinski definition) is 3. The van der Waals surface area contributed by atoms with Crippen LogP contribution in [0.3, 0.4) is 0 Å². The zero-order valence-electron chi connectivity index (χ0n) is 18.2. The van der Waals surface area contributed by atoms with E-state index in [0.717, 1.165) is 45.3 Å². The number of hydrogen-bond donors (Lipinski definition) is 2. The van der Waals surface area contributed by atoms with E-state index in [0.29, 0.717) is 12.0 Å². The first-order valence-corrected chi connectivity index (χ1v) is 11.5. The number of nitrogens with zero attached hydrogens (tertiary/aromatic N) is 2. The van der Waals surface area contributed by atoms with Crippen LogP contribution in [0, 0.1) is 29.0 Å². The van der Waals surface area contributed by atoms with E-state index in [1.165, 1.54) is 17.7 Å². The predicted molar refractivity (Wildman–Crippen MR) is 120 cm³/mol. The summed E-state index contributed by atoms with van der Waals surface area (Å²) in [5, 5.41) is 22.7. The van der Waals surface area contributed by atoms with Crippen LogP contribution in [0.2, 0.25) is 0 Å². The average molecular weight is 436 g/mol. The molecule has 0 radical (unpaired) electrons. The number of carboxylic acid groups (broad SMARTS) is 1. The zero-order valence-corrected chi connectivity index (χ0v) is 18.2. The van der Waals surface area contributed by atoms with Gasteiger partial charge in [0.15, 0.2) is 0 Å². The Bertz CT molecular complexity index is 969. The van der Waals surface area contributed by atoms with Crippen molar-refractivity contribution in [1.82, 2.24) is 10.2 Å². The molecule has 6 heteroatoms. The van der Waals surface area contributed by atoms with E-state index in [1.54, 1.807) is 6.07 Å². The molecule has 2 N–H and O–H groups in total. The van der Waals surface area contributed by atoms with Crippen LogP contribution < -0.4 is 5.32 Å². The topological polar surface area (TPSA) is 76.4 Å². The molecule has 2 aromatic carbocycles. The highest BCUT2D eigenvalue weighted by Gasteiger charge is 2.52. The molecular weight excluding hydrogens is 405 g/mol. The molecule has 5 nitrogen and oxygen atoms in total. The van der Waals surface area contributed by atoms with Crippen molar-refractivity contribution in [1.29, 1.82) is 5.26 Å². The molecule has 4 rings (SSSR count). The lowest BCUT2D eigenvalue weighted by molar-refractivity contribution is 0.104. The second-order valence-electron chi connectivity index (χ2n) is 9.12. The summed E-state index contributed by atoms with van der Waals surface area (Å²) in [6.07, 6.45) is 2.93. The number of benzene rings is 2. The number of nitrogens with one attached hydrogen (secondary N) is 1. The Hall–Kier alpha value is -2.91. The first-order chi connectivity index (χ1) is 15.5. The van der Waals surface area contributed by atoms with E-state index in [1.807, 2.05) is 24.3 Å². The number of carbonyl (C=O) groups is 1. The highest BCUT2D eigenvalue weighted by atomic mass is 19.1. The lowest BCUT2D eigenvalue weighted by atomic mass is 9.59. The van der Waals surface area contributed by atoms with E-state index in [4.69, 9.17) is 0 Å². The predicted octanol–water partition coefficient (Wildman–Crippen LogP) is 4.94. The Balaban J connectivity index is 1.61. The van der Waals surface area contributed by atoms with Gasteiger partial charge in [0, 0.05) is 18.5 Å². The van der Waals surface area contributed by atoms with Gasteiger partial charge in [0.1, 0.15) is 5.82 Å². The minimum absolute atomic E-state index is 0.0440. The van der Waals surface area contributed by atoms with Crippen molar-refractivity contribution in [2.24, 2.45) is 11.8 Å². The summed E-state index contributed by atoms with van der Waals surface area (Å²) in [6.45, 7) is 2.60. The van der Waals surface area contributed by atoms with Crippen LogP contribution in [0.25, 0.3) is 0 Å². The van der Waals surface area contributed by atoms with Gasteiger partial charge in [-0.15, -0.1) is 0 Å². The highest BCUT2D eigenvalue weighted by Crippen LogP contribution is 2.50. The maximum absolute atomic E-state index is 14.3. The first kappa shape index (κ1) is 22.3. The molecule has 0 spiro atoms. The number of halogens is 1. The number of piperidine rings is 1. The number of nitriles is 1. The Labute approximate surface area is 188 Å². The summed E-state index contributed by atoms with van der Waals surface area (Å²) in [5.41, 5.74) is 1.04. The van der Waals surface area contributed by atoms with Gasteiger partial charge in [0.2, 0.25) is 0 Å². The molecule has 32 heavy (non-hydrogen) atoms. The molecule has 0 bridgehead atoms. The van der Waals surface area contributed by atoms with Crippen LogP contribution in [0.4, 0.5) is 9.18 Å². The van der Waals surface area contributed by atoms with Crippen LogP contribution >= 0.6 is 0 Å².